The average molecular weight is 980 g/mol. The van der Waals surface area contributed by atoms with Crippen LogP contribution in [0.5, 0.6) is 0 Å². The van der Waals surface area contributed by atoms with E-state index in [2.05, 4.69) is 26.1 Å². The second-order valence-corrected chi connectivity index (χ2v) is 25.9. The Kier molecular flexibility index (Phi) is 14.0. The molecule has 0 aliphatic rings. The Hall–Kier alpha value is -4.89. The predicted molar refractivity (Wildman–Crippen MR) is 222 cm³/mol. The fraction of sp³-hybridized carbons (Fsp3) is 0.289. The summed E-state index contributed by atoms with van der Waals surface area (Å²) in [5.41, 5.74) is -8.57. The molecule has 0 bridgehead atoms. The standard InChI is InChI=1S/C45H40BrF12N2O2P/c1-41(2,3)38(60-39(61)30-22-33(44(53,54)55)25-34(23-30)45(56,57)58)40(62)59-35(21-28-13-7-4-8-14-28)27-63(46,36-15-9-5-10-16-36,37-17-11-6-12-18-37)26-29-19-31(42(47,48)49)24-32(20-29)43(50,51)52/h4-20,22-25,35,38H,21,26-27H2,1-3H3,(H,59,62)(H,60,61)/t35-,38-/m0/s1. The number of halogens is 13. The summed E-state index contributed by atoms with van der Waals surface area (Å²) < 4.78 is 168. The molecule has 0 unspecified atom stereocenters. The fourth-order valence-corrected chi connectivity index (χ4v) is 15.8. The monoisotopic (exact) mass is 978 g/mol. The van der Waals surface area contributed by atoms with Gasteiger partial charge in [-0.3, -0.25) is 0 Å². The Balaban J connectivity index is 1.68. The number of nitrogens with one attached hydrogen (secondary N) is 2. The zero-order chi connectivity index (χ0) is 46.8. The third-order valence-electron chi connectivity index (χ3n) is 10.4. The average Bonchev–Trinajstić information content (AvgIpc) is 3.19. The van der Waals surface area contributed by atoms with Crippen LogP contribution in [0.25, 0.3) is 0 Å². The third-order valence-corrected chi connectivity index (χ3v) is 19.6. The van der Waals surface area contributed by atoms with Gasteiger partial charge < -0.3 is 0 Å². The molecule has 2 amide bonds. The first-order chi connectivity index (χ1) is 29.0. The topological polar surface area (TPSA) is 58.2 Å². The van der Waals surface area contributed by atoms with Crippen LogP contribution in [0.1, 0.15) is 64.5 Å². The molecule has 18 heteroatoms. The molecule has 0 aliphatic heterocycles. The summed E-state index contributed by atoms with van der Waals surface area (Å²) in [7, 11) is 0. The number of rotatable bonds is 12. The predicted octanol–water partition coefficient (Wildman–Crippen LogP) is 12.3. The van der Waals surface area contributed by atoms with Crippen molar-refractivity contribution in [2.45, 2.75) is 70.1 Å². The molecule has 0 saturated heterocycles. The number of amides is 2. The van der Waals surface area contributed by atoms with E-state index in [9.17, 15) is 62.3 Å². The Morgan fingerprint density at radius 3 is 1.30 bits per heavy atom. The van der Waals surface area contributed by atoms with Crippen LogP contribution in [0.3, 0.4) is 0 Å². The van der Waals surface area contributed by atoms with Crippen LogP contribution in [0.4, 0.5) is 52.7 Å². The maximum absolute atomic E-state index is 14.6. The van der Waals surface area contributed by atoms with Gasteiger partial charge in [-0.15, -0.1) is 0 Å². The molecule has 0 radical (unpaired) electrons. The van der Waals surface area contributed by atoms with Gasteiger partial charge in [-0.25, -0.2) is 0 Å². The molecular formula is C45H40BrF12N2O2P. The summed E-state index contributed by atoms with van der Waals surface area (Å²) in [6.07, 6.45) is -21.5. The Morgan fingerprint density at radius 1 is 0.540 bits per heavy atom. The van der Waals surface area contributed by atoms with Crippen LogP contribution in [-0.2, 0) is 42.1 Å². The number of hydrogen-bond acceptors (Lipinski definition) is 2. The van der Waals surface area contributed by atoms with Crippen LogP contribution in [0.15, 0.2) is 127 Å². The quantitative estimate of drug-likeness (QED) is 0.0967. The molecule has 0 aromatic heterocycles. The van der Waals surface area contributed by atoms with Crippen molar-refractivity contribution in [1.29, 1.82) is 0 Å². The van der Waals surface area contributed by atoms with Crippen LogP contribution < -0.4 is 21.2 Å². The Morgan fingerprint density at radius 2 is 0.921 bits per heavy atom. The van der Waals surface area contributed by atoms with E-state index in [1.165, 1.54) is 20.8 Å². The second-order valence-electron chi connectivity index (χ2n) is 16.3. The van der Waals surface area contributed by atoms with E-state index >= 15 is 0 Å². The van der Waals surface area contributed by atoms with E-state index in [-0.39, 0.29) is 42.4 Å². The van der Waals surface area contributed by atoms with E-state index in [4.69, 9.17) is 0 Å². The summed E-state index contributed by atoms with van der Waals surface area (Å²) in [5, 5.41) is 1.77. The van der Waals surface area contributed by atoms with Crippen molar-refractivity contribution in [3.8, 4) is 0 Å². The number of carbonyl (C=O) groups excluding carboxylic acids is 2. The molecule has 0 saturated carbocycles. The van der Waals surface area contributed by atoms with Gasteiger partial charge >= 0.3 is 364 Å². The van der Waals surface area contributed by atoms with E-state index in [0.717, 1.165) is 0 Å². The van der Waals surface area contributed by atoms with E-state index in [0.29, 0.717) is 28.3 Å². The molecule has 5 rings (SSSR count). The van der Waals surface area contributed by atoms with Crippen molar-refractivity contribution in [3.05, 3.63) is 166 Å². The Labute approximate surface area is 363 Å². The summed E-state index contributed by atoms with van der Waals surface area (Å²) in [6, 6.07) is 24.1. The molecule has 0 fully saturated rings. The van der Waals surface area contributed by atoms with Crippen LogP contribution in [0, 0.1) is 5.41 Å². The van der Waals surface area contributed by atoms with Crippen LogP contribution >= 0.6 is 20.8 Å². The molecule has 0 heterocycles. The van der Waals surface area contributed by atoms with Gasteiger partial charge in [-0.1, -0.05) is 0 Å². The number of benzene rings is 5. The maximum atomic E-state index is 14.6. The first-order valence-electron chi connectivity index (χ1n) is 19.0. The van der Waals surface area contributed by atoms with Gasteiger partial charge in [0.25, 0.3) is 0 Å². The van der Waals surface area contributed by atoms with Gasteiger partial charge in [0.2, 0.25) is 0 Å². The van der Waals surface area contributed by atoms with Gasteiger partial charge in [0.15, 0.2) is 0 Å². The molecule has 0 spiro atoms. The van der Waals surface area contributed by atoms with Crippen molar-refractivity contribution in [2.75, 3.05) is 6.16 Å². The van der Waals surface area contributed by atoms with Crippen LogP contribution in [0.2, 0.25) is 0 Å². The minimum absolute atomic E-state index is 0.000477. The summed E-state index contributed by atoms with van der Waals surface area (Å²) in [5.74, 6) is -2.36. The zero-order valence-electron chi connectivity index (χ0n) is 33.6. The molecule has 2 N–H and O–H groups in total. The van der Waals surface area contributed by atoms with Crippen molar-refractivity contribution in [1.82, 2.24) is 10.6 Å². The molecule has 0 aliphatic carbocycles. The molecule has 5 aromatic carbocycles. The van der Waals surface area contributed by atoms with Gasteiger partial charge in [0.1, 0.15) is 0 Å². The van der Waals surface area contributed by atoms with Gasteiger partial charge in [-0.05, 0) is 0 Å². The second kappa shape index (κ2) is 17.9. The molecule has 63 heavy (non-hydrogen) atoms. The molecule has 2 atom stereocenters. The van der Waals surface area contributed by atoms with Gasteiger partial charge in [0.05, 0.1) is 0 Å². The first-order valence-corrected chi connectivity index (χ1v) is 23.7. The molecule has 4 nitrogen and oxygen atoms in total. The number of hydrogen-bond donors (Lipinski definition) is 2. The Bertz CT molecular complexity index is 2290. The van der Waals surface area contributed by atoms with E-state index < -0.39 is 93.3 Å². The van der Waals surface area contributed by atoms with Crippen molar-refractivity contribution in [3.63, 3.8) is 0 Å². The normalized spacial score (nSPS) is 14.6. The number of carbonyl (C=O) groups is 2. The minimum atomic E-state index is -5.27. The molecule has 338 valence electrons. The SMILES string of the molecule is CC(C)(C)[C@@H](NC(=O)c1cc(C(F)(F)F)cc(C(F)(F)F)c1)C(=O)N[C@@H](Cc1ccccc1)CP(Br)(Cc1cc(C(F)(F)F)cc(C(F)(F)F)c1)(c1ccccc1)c1ccccc1. The molecular weight excluding hydrogens is 939 g/mol. The van der Waals surface area contributed by atoms with Crippen molar-refractivity contribution in [2.24, 2.45) is 5.41 Å². The zero-order valence-corrected chi connectivity index (χ0v) is 36.1. The van der Waals surface area contributed by atoms with Gasteiger partial charge in [-0.2, -0.15) is 0 Å². The third kappa shape index (κ3) is 11.8. The summed E-state index contributed by atoms with van der Waals surface area (Å²) >= 11 is 4.06. The van der Waals surface area contributed by atoms with E-state index in [1.807, 2.05) is 0 Å². The first kappa shape index (κ1) is 49.1. The van der Waals surface area contributed by atoms with E-state index in [1.54, 1.807) is 91.0 Å². The van der Waals surface area contributed by atoms with Crippen molar-refractivity contribution < 1.29 is 62.3 Å². The fourth-order valence-electron chi connectivity index (χ4n) is 7.42. The number of alkyl halides is 12. The van der Waals surface area contributed by atoms with Crippen LogP contribution in [-0.4, -0.2) is 30.1 Å². The summed E-state index contributed by atoms with van der Waals surface area (Å²) in [6.45, 7) is 4.46. The van der Waals surface area contributed by atoms with Crippen molar-refractivity contribution >= 4 is 43.2 Å². The summed E-state index contributed by atoms with van der Waals surface area (Å²) in [4.78, 5) is 28.2. The van der Waals surface area contributed by atoms with Gasteiger partial charge in [0, 0.05) is 0 Å². The molecule has 5 aromatic rings.